The molecule has 9 heteroatoms. The molecule has 0 spiro atoms. The van der Waals surface area contributed by atoms with Gasteiger partial charge in [0.15, 0.2) is 17.3 Å². The number of halogens is 1. The minimum Gasteiger partial charge on any atom is -0.493 e. The Balaban J connectivity index is 1.94. The normalized spacial score (nSPS) is 20.3. The second-order valence-electron chi connectivity index (χ2n) is 8.70. The van der Waals surface area contributed by atoms with Crippen LogP contribution in [0.1, 0.15) is 48.3 Å². The molecule has 2 aliphatic rings. The van der Waals surface area contributed by atoms with E-state index in [0.29, 0.717) is 48.9 Å². The molecule has 8 nitrogen and oxygen atoms in total. The highest BCUT2D eigenvalue weighted by Gasteiger charge is 2.50. The number of hydrogen-bond acceptors (Lipinski definition) is 6. The van der Waals surface area contributed by atoms with E-state index in [2.05, 4.69) is 0 Å². The number of nitrogens with zero attached hydrogens (tertiary/aromatic N) is 1. The molecule has 32 heavy (non-hydrogen) atoms. The Morgan fingerprint density at radius 2 is 2.03 bits per heavy atom. The van der Waals surface area contributed by atoms with E-state index in [1.165, 1.54) is 13.3 Å². The van der Waals surface area contributed by atoms with Gasteiger partial charge in [0.2, 0.25) is 5.43 Å². The third-order valence-electron chi connectivity index (χ3n) is 6.08. The fourth-order valence-electron chi connectivity index (χ4n) is 4.58. The minimum atomic E-state index is -1.47. The lowest BCUT2D eigenvalue weighted by Crippen LogP contribution is -2.34. The highest BCUT2D eigenvalue weighted by molar-refractivity contribution is 5.88. The minimum absolute atomic E-state index is 0.0269. The summed E-state index contributed by atoms with van der Waals surface area (Å²) in [5.74, 6) is -1.73. The Labute approximate surface area is 184 Å². The summed E-state index contributed by atoms with van der Waals surface area (Å²) in [5.41, 5.74) is -1.08. The Morgan fingerprint density at radius 1 is 1.28 bits per heavy atom. The molecule has 4 rings (SSSR count). The molecule has 2 aromatic rings. The fourth-order valence-corrected chi connectivity index (χ4v) is 4.58. The molecule has 3 heterocycles. The van der Waals surface area contributed by atoms with Crippen molar-refractivity contribution in [2.24, 2.45) is 5.41 Å². The van der Waals surface area contributed by atoms with E-state index in [1.54, 1.807) is 23.8 Å². The molecule has 0 aliphatic carbocycles. The highest BCUT2D eigenvalue weighted by Crippen LogP contribution is 2.56. The maximum absolute atomic E-state index is 15.4. The van der Waals surface area contributed by atoms with Crippen LogP contribution in [0.2, 0.25) is 0 Å². The van der Waals surface area contributed by atoms with Gasteiger partial charge in [-0.2, -0.15) is 0 Å². The lowest BCUT2D eigenvalue weighted by molar-refractivity contribution is 0.0690. The van der Waals surface area contributed by atoms with E-state index in [1.807, 2.05) is 13.8 Å². The second kappa shape index (κ2) is 8.22. The molecular formula is C23H26FNO7. The molecule has 0 radical (unpaired) electrons. The van der Waals surface area contributed by atoms with Crippen molar-refractivity contribution in [2.75, 3.05) is 34.0 Å². The van der Waals surface area contributed by atoms with Crippen LogP contribution >= 0.6 is 0 Å². The smallest absolute Gasteiger partial charge is 0.341 e. The van der Waals surface area contributed by atoms with Gasteiger partial charge in [-0.05, 0) is 17.7 Å². The molecular weight excluding hydrogens is 421 g/mol. The molecule has 2 unspecified atom stereocenters. The van der Waals surface area contributed by atoms with E-state index < -0.39 is 40.3 Å². The van der Waals surface area contributed by atoms with Gasteiger partial charge in [0.25, 0.3) is 0 Å². The van der Waals surface area contributed by atoms with Gasteiger partial charge in [-0.3, -0.25) is 4.79 Å². The highest BCUT2D eigenvalue weighted by atomic mass is 19.1. The zero-order valence-electron chi connectivity index (χ0n) is 18.4. The molecule has 1 saturated heterocycles. The monoisotopic (exact) mass is 447 g/mol. The van der Waals surface area contributed by atoms with Crippen molar-refractivity contribution >= 4 is 5.97 Å². The summed E-state index contributed by atoms with van der Waals surface area (Å²) >= 11 is 0. The predicted octanol–water partition coefficient (Wildman–Crippen LogP) is 3.43. The number of pyridine rings is 1. The standard InChI is InChI=1S/C23H26FNO7/c1-23(2)11-32-20-13-9-16(31-7-5-6-29-3)15(30-4)8-12(13)18-17(24)19(26)14(22(27)28)10-25(18)21(20)23/h8-10,20-21H,5-7,11H2,1-4H3,(H,27,28). The second-order valence-corrected chi connectivity index (χ2v) is 8.70. The van der Waals surface area contributed by atoms with Crippen molar-refractivity contribution in [1.82, 2.24) is 4.57 Å². The molecule has 1 aromatic heterocycles. The van der Waals surface area contributed by atoms with Crippen LogP contribution in [0.3, 0.4) is 0 Å². The summed E-state index contributed by atoms with van der Waals surface area (Å²) in [6, 6.07) is 2.96. The van der Waals surface area contributed by atoms with Crippen molar-refractivity contribution in [1.29, 1.82) is 0 Å². The van der Waals surface area contributed by atoms with Crippen LogP contribution in [0.15, 0.2) is 23.1 Å². The van der Waals surface area contributed by atoms with Gasteiger partial charge in [-0.1, -0.05) is 13.8 Å². The number of rotatable bonds is 7. The number of carbonyl (C=O) groups is 1. The first-order valence-electron chi connectivity index (χ1n) is 10.3. The summed E-state index contributed by atoms with van der Waals surface area (Å²) in [6.45, 7) is 5.26. The van der Waals surface area contributed by atoms with Gasteiger partial charge in [-0.15, -0.1) is 0 Å². The molecule has 0 amide bonds. The van der Waals surface area contributed by atoms with Crippen LogP contribution < -0.4 is 14.9 Å². The van der Waals surface area contributed by atoms with E-state index in [4.69, 9.17) is 18.9 Å². The van der Waals surface area contributed by atoms with Crippen LogP contribution in [-0.2, 0) is 9.47 Å². The SMILES string of the molecule is COCCCOc1cc2c(cc1OC)-c1c(F)c(=O)c(C(=O)O)cn1C1C2OCC1(C)C. The Hall–Kier alpha value is -2.91. The number of ether oxygens (including phenoxy) is 4. The van der Waals surface area contributed by atoms with E-state index >= 15 is 4.39 Å². The molecule has 2 aliphatic heterocycles. The maximum atomic E-state index is 15.4. The largest absolute Gasteiger partial charge is 0.493 e. The van der Waals surface area contributed by atoms with E-state index in [9.17, 15) is 14.7 Å². The first-order chi connectivity index (χ1) is 15.2. The van der Waals surface area contributed by atoms with E-state index in [0.717, 1.165) is 0 Å². The molecule has 1 aromatic carbocycles. The summed E-state index contributed by atoms with van der Waals surface area (Å²) in [5, 5.41) is 9.44. The van der Waals surface area contributed by atoms with Gasteiger partial charge >= 0.3 is 5.97 Å². The fraction of sp³-hybridized carbons (Fsp3) is 0.478. The number of fused-ring (bicyclic) bond motifs is 6. The van der Waals surface area contributed by atoms with Crippen molar-refractivity contribution in [3.8, 4) is 22.8 Å². The number of aromatic carboxylic acids is 1. The number of benzene rings is 1. The predicted molar refractivity (Wildman–Crippen MR) is 113 cm³/mol. The van der Waals surface area contributed by atoms with Gasteiger partial charge in [0, 0.05) is 37.3 Å². The van der Waals surface area contributed by atoms with Crippen molar-refractivity contribution in [3.05, 3.63) is 45.5 Å². The average Bonchev–Trinajstić information content (AvgIpc) is 3.08. The summed E-state index contributed by atoms with van der Waals surface area (Å²) in [4.78, 5) is 24.1. The number of aromatic nitrogens is 1. The topological polar surface area (TPSA) is 96.2 Å². The van der Waals surface area contributed by atoms with Gasteiger partial charge in [0.05, 0.1) is 32.1 Å². The zero-order chi connectivity index (χ0) is 23.2. The van der Waals surface area contributed by atoms with Gasteiger partial charge in [-0.25, -0.2) is 9.18 Å². The average molecular weight is 447 g/mol. The van der Waals surface area contributed by atoms with Crippen LogP contribution in [0.4, 0.5) is 4.39 Å². The first-order valence-corrected chi connectivity index (χ1v) is 10.3. The number of carboxylic acids is 1. The summed E-state index contributed by atoms with van der Waals surface area (Å²) in [7, 11) is 3.09. The Kier molecular flexibility index (Phi) is 5.72. The lowest BCUT2D eigenvalue weighted by Gasteiger charge is -2.38. The Morgan fingerprint density at radius 3 is 2.69 bits per heavy atom. The Bertz CT molecular complexity index is 1120. The van der Waals surface area contributed by atoms with Crippen LogP contribution in [-0.4, -0.2) is 49.7 Å². The van der Waals surface area contributed by atoms with Gasteiger partial charge < -0.3 is 28.6 Å². The summed E-state index contributed by atoms with van der Waals surface area (Å²) < 4.78 is 39.4. The lowest BCUT2D eigenvalue weighted by atomic mass is 9.78. The molecule has 0 saturated carbocycles. The van der Waals surface area contributed by atoms with E-state index in [-0.39, 0.29) is 5.69 Å². The third-order valence-corrected chi connectivity index (χ3v) is 6.08. The summed E-state index contributed by atoms with van der Waals surface area (Å²) in [6.07, 6.45) is 1.43. The van der Waals surface area contributed by atoms with Crippen LogP contribution in [0, 0.1) is 11.2 Å². The van der Waals surface area contributed by atoms with Crippen LogP contribution in [0.5, 0.6) is 11.5 Å². The molecule has 1 N–H and O–H groups in total. The van der Waals surface area contributed by atoms with Crippen molar-refractivity contribution in [2.45, 2.75) is 32.4 Å². The molecule has 1 fully saturated rings. The zero-order valence-corrected chi connectivity index (χ0v) is 18.4. The third kappa shape index (κ3) is 3.45. The molecule has 0 bridgehead atoms. The number of carboxylic acid groups (broad SMARTS) is 1. The van der Waals surface area contributed by atoms with Crippen LogP contribution in [0.25, 0.3) is 11.3 Å². The number of methoxy groups -OCH3 is 2. The maximum Gasteiger partial charge on any atom is 0.341 e. The molecule has 2 atom stereocenters. The van der Waals surface area contributed by atoms with Gasteiger partial charge in [0.1, 0.15) is 11.7 Å². The quantitative estimate of drug-likeness (QED) is 0.650. The van der Waals surface area contributed by atoms with Crippen molar-refractivity contribution in [3.63, 3.8) is 0 Å². The number of hydrogen-bond donors (Lipinski definition) is 1. The first kappa shape index (κ1) is 22.3. The molecule has 172 valence electrons. The van der Waals surface area contributed by atoms with Crippen molar-refractivity contribution < 1.29 is 33.2 Å².